The molecule has 4 rings (SSSR count). The summed E-state index contributed by atoms with van der Waals surface area (Å²) in [4.78, 5) is 28.7. The number of anilines is 1. The summed E-state index contributed by atoms with van der Waals surface area (Å²) < 4.78 is 18.4. The molecule has 0 fully saturated rings. The minimum Gasteiger partial charge on any atom is -0.496 e. The maximum Gasteiger partial charge on any atom is 0.250 e. The van der Waals surface area contributed by atoms with Gasteiger partial charge in [0.05, 0.1) is 32.0 Å². The molecule has 0 spiro atoms. The van der Waals surface area contributed by atoms with Crippen molar-refractivity contribution >= 4 is 44.2 Å². The number of hydrogen-bond acceptors (Lipinski definition) is 6. The molecule has 2 unspecified atom stereocenters. The van der Waals surface area contributed by atoms with E-state index in [1.807, 2.05) is 54.6 Å². The highest BCUT2D eigenvalue weighted by molar-refractivity contribution is 9.10. The van der Waals surface area contributed by atoms with Crippen molar-refractivity contribution in [3.8, 4) is 11.5 Å². The largest absolute Gasteiger partial charge is 0.496 e. The number of carbonyl (C=O) groups is 2. The first kappa shape index (κ1) is 26.9. The molecular formula is C28H32BrN3O5. The highest BCUT2D eigenvalue weighted by atomic mass is 79.9. The van der Waals surface area contributed by atoms with E-state index in [2.05, 4.69) is 26.6 Å². The Kier molecular flexibility index (Phi) is 9.02. The number of likely N-dealkylation sites (N-methyl/N-ethyl adjacent to an activating group) is 1. The summed E-state index contributed by atoms with van der Waals surface area (Å²) in [6.07, 6.45) is 0.333. The first-order valence-electron chi connectivity index (χ1n) is 12.3. The number of methoxy groups -OCH3 is 1. The van der Waals surface area contributed by atoms with Crippen molar-refractivity contribution in [1.82, 2.24) is 10.6 Å². The van der Waals surface area contributed by atoms with E-state index in [9.17, 15) is 9.59 Å². The van der Waals surface area contributed by atoms with Gasteiger partial charge in [-0.25, -0.2) is 0 Å². The van der Waals surface area contributed by atoms with Gasteiger partial charge in [-0.15, -0.1) is 0 Å². The predicted octanol–water partition coefficient (Wildman–Crippen LogP) is 4.04. The molecule has 3 aromatic carbocycles. The van der Waals surface area contributed by atoms with Crippen LogP contribution in [0.15, 0.2) is 59.1 Å². The van der Waals surface area contributed by atoms with Gasteiger partial charge in [-0.05, 0) is 61.5 Å². The van der Waals surface area contributed by atoms with E-state index in [4.69, 9.17) is 14.2 Å². The molecule has 8 nitrogen and oxygen atoms in total. The van der Waals surface area contributed by atoms with Crippen LogP contribution in [0.1, 0.15) is 18.9 Å². The molecule has 0 aromatic heterocycles. The highest BCUT2D eigenvalue weighted by Gasteiger charge is 2.31. The molecule has 3 aromatic rings. The Hall–Kier alpha value is -3.14. The lowest BCUT2D eigenvalue weighted by Gasteiger charge is -2.30. The summed E-state index contributed by atoms with van der Waals surface area (Å²) in [5, 5.41) is 7.84. The summed E-state index contributed by atoms with van der Waals surface area (Å²) >= 11 is 3.54. The van der Waals surface area contributed by atoms with Crippen LogP contribution in [0.3, 0.4) is 0 Å². The minimum absolute atomic E-state index is 0.218. The summed E-state index contributed by atoms with van der Waals surface area (Å²) in [5.41, 5.74) is 1.47. The molecule has 2 atom stereocenters. The molecule has 2 amide bonds. The Bertz CT molecular complexity index is 1270. The van der Waals surface area contributed by atoms with Crippen molar-refractivity contribution in [3.05, 3.63) is 64.6 Å². The van der Waals surface area contributed by atoms with Gasteiger partial charge in [-0.3, -0.25) is 9.59 Å². The normalized spacial score (nSPS) is 17.4. The van der Waals surface area contributed by atoms with E-state index in [1.54, 1.807) is 26.0 Å². The van der Waals surface area contributed by atoms with Gasteiger partial charge in [0, 0.05) is 16.6 Å². The second-order valence-corrected chi connectivity index (χ2v) is 9.74. The van der Waals surface area contributed by atoms with E-state index in [1.165, 1.54) is 0 Å². The lowest BCUT2D eigenvalue weighted by molar-refractivity contribution is -0.129. The van der Waals surface area contributed by atoms with Gasteiger partial charge in [0.25, 0.3) is 0 Å². The topological polar surface area (TPSA) is 89.1 Å². The molecule has 0 aliphatic carbocycles. The van der Waals surface area contributed by atoms with Crippen LogP contribution < -0.4 is 25.0 Å². The monoisotopic (exact) mass is 569 g/mol. The predicted molar refractivity (Wildman–Crippen MR) is 147 cm³/mol. The number of amides is 2. The maximum absolute atomic E-state index is 14.2. The lowest BCUT2D eigenvalue weighted by Crippen LogP contribution is -2.53. The second kappa shape index (κ2) is 12.4. The smallest absolute Gasteiger partial charge is 0.250 e. The van der Waals surface area contributed by atoms with Gasteiger partial charge in [0.2, 0.25) is 11.8 Å². The maximum atomic E-state index is 14.2. The van der Waals surface area contributed by atoms with Gasteiger partial charge in [0.1, 0.15) is 24.1 Å². The van der Waals surface area contributed by atoms with Crippen molar-refractivity contribution in [1.29, 1.82) is 0 Å². The molecule has 0 bridgehead atoms. The average Bonchev–Trinajstić information content (AvgIpc) is 2.94. The number of rotatable bonds is 6. The lowest BCUT2D eigenvalue weighted by atomic mass is 10.0. The molecule has 0 radical (unpaired) electrons. The number of carbonyl (C=O) groups excluding carboxylic acids is 2. The van der Waals surface area contributed by atoms with E-state index >= 15 is 0 Å². The summed E-state index contributed by atoms with van der Waals surface area (Å²) in [5.74, 6) is 0.724. The van der Waals surface area contributed by atoms with Crippen molar-refractivity contribution in [2.75, 3.05) is 38.9 Å². The van der Waals surface area contributed by atoms with E-state index in [-0.39, 0.29) is 18.4 Å². The van der Waals surface area contributed by atoms with Crippen LogP contribution in [0, 0.1) is 0 Å². The fourth-order valence-corrected chi connectivity index (χ4v) is 4.71. The molecule has 196 valence electrons. The summed E-state index contributed by atoms with van der Waals surface area (Å²) in [7, 11) is 3.33. The van der Waals surface area contributed by atoms with Gasteiger partial charge >= 0.3 is 0 Å². The molecule has 1 aliphatic heterocycles. The zero-order valence-electron chi connectivity index (χ0n) is 21.3. The van der Waals surface area contributed by atoms with Gasteiger partial charge in [-0.1, -0.05) is 40.2 Å². The molecule has 0 saturated carbocycles. The molecule has 37 heavy (non-hydrogen) atoms. The van der Waals surface area contributed by atoms with Crippen LogP contribution in [0.2, 0.25) is 0 Å². The number of fused-ring (bicyclic) bond motifs is 2. The number of hydrogen-bond donors (Lipinski definition) is 2. The Morgan fingerprint density at radius 1 is 1.16 bits per heavy atom. The first-order chi connectivity index (χ1) is 17.9. The van der Waals surface area contributed by atoms with Crippen LogP contribution in [-0.4, -0.2) is 57.9 Å². The van der Waals surface area contributed by atoms with Crippen LogP contribution in [0.4, 0.5) is 5.69 Å². The fraction of sp³-hybridized carbons (Fsp3) is 0.357. The number of nitrogens with one attached hydrogen (secondary N) is 2. The van der Waals surface area contributed by atoms with E-state index in [0.29, 0.717) is 43.4 Å². The van der Waals surface area contributed by atoms with Crippen LogP contribution in [0.25, 0.3) is 10.8 Å². The van der Waals surface area contributed by atoms with Gasteiger partial charge in [-0.2, -0.15) is 0 Å². The zero-order chi connectivity index (χ0) is 26.4. The summed E-state index contributed by atoms with van der Waals surface area (Å²) in [6.45, 7) is 3.00. The number of ether oxygens (including phenoxy) is 3. The Morgan fingerprint density at radius 3 is 2.76 bits per heavy atom. The van der Waals surface area contributed by atoms with Crippen LogP contribution >= 0.6 is 15.9 Å². The molecule has 2 N–H and O–H groups in total. The molecule has 1 aliphatic rings. The standard InChI is InChI=1S/C28H32BrN3O5/c1-18(30-2)27(33)31-23-12-13-36-14-15-37-26-7-5-4-6-24(26)32(28(23)34)17-22-21-10-9-20(29)16-19(21)8-11-25(22)35-3/h4-11,16,18,23,30H,12-15,17H2,1-3H3,(H,31,33). The van der Waals surface area contributed by atoms with Gasteiger partial charge in [0.15, 0.2) is 0 Å². The summed E-state index contributed by atoms with van der Waals surface area (Å²) in [6, 6.07) is 16.1. The second-order valence-electron chi connectivity index (χ2n) is 8.82. The highest BCUT2D eigenvalue weighted by Crippen LogP contribution is 2.35. The third kappa shape index (κ3) is 6.23. The number of benzene rings is 3. The number of halogens is 1. The van der Waals surface area contributed by atoms with Crippen molar-refractivity contribution in [3.63, 3.8) is 0 Å². The zero-order valence-corrected chi connectivity index (χ0v) is 22.8. The van der Waals surface area contributed by atoms with E-state index in [0.717, 1.165) is 20.8 Å². The van der Waals surface area contributed by atoms with Crippen molar-refractivity contribution in [2.24, 2.45) is 0 Å². The quantitative estimate of drug-likeness (QED) is 0.466. The Labute approximate surface area is 225 Å². The molecule has 0 saturated heterocycles. The number of para-hydroxylation sites is 2. The van der Waals surface area contributed by atoms with Gasteiger partial charge < -0.3 is 29.7 Å². The van der Waals surface area contributed by atoms with Crippen LogP contribution in [-0.2, 0) is 20.9 Å². The fourth-order valence-electron chi connectivity index (χ4n) is 4.33. The SMILES string of the molecule is CNC(C)C(=O)NC1CCOCCOc2ccccc2N(Cc2c(OC)ccc3cc(Br)ccc23)C1=O. The molecule has 1 heterocycles. The number of nitrogens with zero attached hydrogens (tertiary/aromatic N) is 1. The Balaban J connectivity index is 1.82. The third-order valence-electron chi connectivity index (χ3n) is 6.49. The average molecular weight is 570 g/mol. The van der Waals surface area contributed by atoms with Crippen molar-refractivity contribution < 1.29 is 23.8 Å². The molecule has 9 heteroatoms. The third-order valence-corrected chi connectivity index (χ3v) is 6.98. The van der Waals surface area contributed by atoms with Crippen molar-refractivity contribution in [2.45, 2.75) is 32.0 Å². The minimum atomic E-state index is -0.787. The van der Waals surface area contributed by atoms with Crippen LogP contribution in [0.5, 0.6) is 11.5 Å². The first-order valence-corrected chi connectivity index (χ1v) is 13.1. The molecular weight excluding hydrogens is 538 g/mol. The van der Waals surface area contributed by atoms with E-state index < -0.39 is 12.1 Å². The Morgan fingerprint density at radius 2 is 1.97 bits per heavy atom.